The molecular weight excluding hydrogens is 251 g/mol. The molecule has 0 bridgehead atoms. The van der Waals surface area contributed by atoms with Crippen molar-refractivity contribution in [3.63, 3.8) is 0 Å². The normalized spacial score (nSPS) is 27.8. The van der Waals surface area contributed by atoms with Crippen molar-refractivity contribution < 1.29 is 4.39 Å². The third-order valence-corrected chi connectivity index (χ3v) is 5.24. The molecule has 1 aromatic rings. The minimum atomic E-state index is -0.0182. The first-order chi connectivity index (χ1) is 9.81. The van der Waals surface area contributed by atoms with E-state index in [0.717, 1.165) is 24.4 Å². The lowest BCUT2D eigenvalue weighted by atomic mass is 10.0. The smallest absolute Gasteiger partial charge is 0.126 e. The van der Waals surface area contributed by atoms with Gasteiger partial charge in [0, 0.05) is 18.1 Å². The van der Waals surface area contributed by atoms with Gasteiger partial charge in [-0.25, -0.2) is 4.39 Å². The molecule has 0 spiro atoms. The number of rotatable bonds is 3. The zero-order valence-electron chi connectivity index (χ0n) is 11.9. The van der Waals surface area contributed by atoms with Crippen molar-refractivity contribution in [3.05, 3.63) is 35.1 Å². The van der Waals surface area contributed by atoms with Crippen LogP contribution >= 0.6 is 0 Å². The Labute approximate surface area is 120 Å². The van der Waals surface area contributed by atoms with E-state index in [-0.39, 0.29) is 5.82 Å². The Bertz CT molecular complexity index is 490. The van der Waals surface area contributed by atoms with Gasteiger partial charge in [-0.05, 0) is 68.8 Å². The van der Waals surface area contributed by atoms with Gasteiger partial charge >= 0.3 is 0 Å². The topological polar surface area (TPSA) is 15.3 Å². The molecule has 1 aliphatic heterocycles. The molecule has 108 valence electrons. The molecule has 0 radical (unpaired) electrons. The highest BCUT2D eigenvalue weighted by molar-refractivity contribution is 5.35. The van der Waals surface area contributed by atoms with Gasteiger partial charge < -0.3 is 10.2 Å². The summed E-state index contributed by atoms with van der Waals surface area (Å²) in [5.41, 5.74) is 2.15. The highest BCUT2D eigenvalue weighted by Gasteiger charge is 2.33. The molecule has 3 heteroatoms. The number of nitrogens with one attached hydrogen (secondary N) is 1. The Kier molecular flexibility index (Phi) is 3.27. The van der Waals surface area contributed by atoms with Gasteiger partial charge in [-0.3, -0.25) is 0 Å². The Morgan fingerprint density at radius 2 is 1.85 bits per heavy atom. The average molecular weight is 274 g/mol. The fourth-order valence-corrected chi connectivity index (χ4v) is 3.94. The van der Waals surface area contributed by atoms with E-state index in [1.54, 1.807) is 6.07 Å². The molecular formula is C17H23FN2. The van der Waals surface area contributed by atoms with Crippen LogP contribution < -0.4 is 5.32 Å². The minimum absolute atomic E-state index is 0.0182. The first-order valence-corrected chi connectivity index (χ1v) is 8.08. The van der Waals surface area contributed by atoms with Crippen LogP contribution in [-0.4, -0.2) is 30.1 Å². The Morgan fingerprint density at radius 3 is 2.60 bits per heavy atom. The lowest BCUT2D eigenvalue weighted by Gasteiger charge is -2.34. The first kappa shape index (κ1) is 12.8. The van der Waals surface area contributed by atoms with Gasteiger partial charge in [-0.1, -0.05) is 12.1 Å². The molecule has 1 unspecified atom stereocenters. The Morgan fingerprint density at radius 1 is 1.05 bits per heavy atom. The molecule has 1 saturated carbocycles. The summed E-state index contributed by atoms with van der Waals surface area (Å²) in [4.78, 5) is 2.65. The quantitative estimate of drug-likeness (QED) is 0.911. The summed E-state index contributed by atoms with van der Waals surface area (Å²) >= 11 is 0. The molecule has 2 nitrogen and oxygen atoms in total. The SMILES string of the molecule is Fc1cccc2c1CCC2NC1CCN(C2CC2)CC1. The van der Waals surface area contributed by atoms with Gasteiger partial charge in [0.25, 0.3) is 0 Å². The number of hydrogen-bond donors (Lipinski definition) is 1. The van der Waals surface area contributed by atoms with Gasteiger partial charge in [0.1, 0.15) is 5.82 Å². The van der Waals surface area contributed by atoms with Crippen molar-refractivity contribution in [1.29, 1.82) is 0 Å². The van der Waals surface area contributed by atoms with Crippen LogP contribution in [0.1, 0.15) is 49.3 Å². The fourth-order valence-electron chi connectivity index (χ4n) is 3.94. The van der Waals surface area contributed by atoms with E-state index in [4.69, 9.17) is 0 Å². The molecule has 2 fully saturated rings. The van der Waals surface area contributed by atoms with Crippen LogP contribution in [0.15, 0.2) is 18.2 Å². The van der Waals surface area contributed by atoms with E-state index in [1.165, 1.54) is 44.3 Å². The van der Waals surface area contributed by atoms with Crippen molar-refractivity contribution in [2.75, 3.05) is 13.1 Å². The molecule has 1 heterocycles. The highest BCUT2D eigenvalue weighted by Crippen LogP contribution is 2.34. The van der Waals surface area contributed by atoms with Crippen LogP contribution in [0, 0.1) is 5.82 Å². The standard InChI is InChI=1S/C17H23FN2/c18-16-3-1-2-15-14(16)6-7-17(15)19-12-8-10-20(11-9-12)13-4-5-13/h1-3,12-13,17,19H,4-11H2. The summed E-state index contributed by atoms with van der Waals surface area (Å²) in [6, 6.07) is 7.43. The summed E-state index contributed by atoms with van der Waals surface area (Å²) in [5.74, 6) is -0.0182. The van der Waals surface area contributed by atoms with E-state index in [2.05, 4.69) is 16.3 Å². The van der Waals surface area contributed by atoms with Crippen molar-refractivity contribution in [1.82, 2.24) is 10.2 Å². The fraction of sp³-hybridized carbons (Fsp3) is 0.647. The molecule has 2 aliphatic carbocycles. The lowest BCUT2D eigenvalue weighted by molar-refractivity contribution is 0.183. The summed E-state index contributed by atoms with van der Waals surface area (Å²) in [6.07, 6.45) is 7.26. The molecule has 3 aliphatic rings. The molecule has 4 rings (SSSR count). The van der Waals surface area contributed by atoms with E-state index in [9.17, 15) is 4.39 Å². The number of fused-ring (bicyclic) bond motifs is 1. The van der Waals surface area contributed by atoms with E-state index >= 15 is 0 Å². The third kappa shape index (κ3) is 2.38. The zero-order chi connectivity index (χ0) is 13.5. The second-order valence-corrected chi connectivity index (χ2v) is 6.61. The van der Waals surface area contributed by atoms with Crippen molar-refractivity contribution in [2.45, 2.75) is 56.7 Å². The van der Waals surface area contributed by atoms with Gasteiger partial charge in [-0.15, -0.1) is 0 Å². The van der Waals surface area contributed by atoms with Crippen LogP contribution in [0.4, 0.5) is 4.39 Å². The van der Waals surface area contributed by atoms with E-state index in [0.29, 0.717) is 12.1 Å². The van der Waals surface area contributed by atoms with Gasteiger partial charge in [0.05, 0.1) is 0 Å². The largest absolute Gasteiger partial charge is 0.307 e. The predicted molar refractivity (Wildman–Crippen MR) is 78.2 cm³/mol. The number of halogens is 1. The molecule has 0 amide bonds. The summed E-state index contributed by atoms with van der Waals surface area (Å²) in [6.45, 7) is 2.48. The first-order valence-electron chi connectivity index (χ1n) is 8.08. The average Bonchev–Trinajstić information content (AvgIpc) is 3.23. The monoisotopic (exact) mass is 274 g/mol. The van der Waals surface area contributed by atoms with Gasteiger partial charge in [0.15, 0.2) is 0 Å². The molecule has 1 saturated heterocycles. The Hall–Kier alpha value is -0.930. The second kappa shape index (κ2) is 5.12. The molecule has 0 aromatic heterocycles. The molecule has 1 aromatic carbocycles. The number of piperidine rings is 1. The lowest BCUT2D eigenvalue weighted by Crippen LogP contribution is -2.44. The molecule has 1 atom stereocenters. The third-order valence-electron chi connectivity index (χ3n) is 5.24. The zero-order valence-corrected chi connectivity index (χ0v) is 11.9. The molecule has 1 N–H and O–H groups in total. The number of benzene rings is 1. The maximum absolute atomic E-state index is 13.8. The summed E-state index contributed by atoms with van der Waals surface area (Å²) < 4.78 is 13.8. The predicted octanol–water partition coefficient (Wildman–Crippen LogP) is 3.03. The van der Waals surface area contributed by atoms with Crippen LogP contribution in [0.25, 0.3) is 0 Å². The van der Waals surface area contributed by atoms with Gasteiger partial charge in [-0.2, -0.15) is 0 Å². The van der Waals surface area contributed by atoms with Crippen LogP contribution in [0.3, 0.4) is 0 Å². The number of likely N-dealkylation sites (tertiary alicyclic amines) is 1. The van der Waals surface area contributed by atoms with Crippen LogP contribution in [0.5, 0.6) is 0 Å². The van der Waals surface area contributed by atoms with Crippen LogP contribution in [0.2, 0.25) is 0 Å². The van der Waals surface area contributed by atoms with Gasteiger partial charge in [0.2, 0.25) is 0 Å². The Balaban J connectivity index is 1.38. The maximum Gasteiger partial charge on any atom is 0.126 e. The maximum atomic E-state index is 13.8. The van der Waals surface area contributed by atoms with Crippen molar-refractivity contribution in [3.8, 4) is 0 Å². The summed E-state index contributed by atoms with van der Waals surface area (Å²) in [5, 5.41) is 3.79. The second-order valence-electron chi connectivity index (χ2n) is 6.61. The van der Waals surface area contributed by atoms with E-state index in [1.807, 2.05) is 6.07 Å². The van der Waals surface area contributed by atoms with Crippen molar-refractivity contribution in [2.24, 2.45) is 0 Å². The van der Waals surface area contributed by atoms with Crippen molar-refractivity contribution >= 4 is 0 Å². The number of nitrogens with zero attached hydrogens (tertiary/aromatic N) is 1. The molecule has 20 heavy (non-hydrogen) atoms. The highest BCUT2D eigenvalue weighted by atomic mass is 19.1. The van der Waals surface area contributed by atoms with E-state index < -0.39 is 0 Å². The van der Waals surface area contributed by atoms with Crippen LogP contribution in [-0.2, 0) is 6.42 Å². The minimum Gasteiger partial charge on any atom is -0.307 e. The number of hydrogen-bond acceptors (Lipinski definition) is 2. The summed E-state index contributed by atoms with van der Waals surface area (Å²) in [7, 11) is 0.